The molecule has 4 aromatic rings. The maximum atomic E-state index is 15.1. The van der Waals surface area contributed by atoms with E-state index in [1.807, 2.05) is 37.3 Å². The largest absolute Gasteiger partial charge is 0.497 e. The highest BCUT2D eigenvalue weighted by Gasteiger charge is 2.40. The topological polar surface area (TPSA) is 90.0 Å². The zero-order chi connectivity index (χ0) is 28.2. The van der Waals surface area contributed by atoms with Crippen LogP contribution in [0.25, 0.3) is 10.9 Å². The number of benzene rings is 3. The predicted molar refractivity (Wildman–Crippen MR) is 149 cm³/mol. The number of fused-ring (bicyclic) bond motifs is 1. The van der Waals surface area contributed by atoms with Crippen LogP contribution < -0.4 is 14.8 Å². The first-order valence-corrected chi connectivity index (χ1v) is 12.7. The SMILES string of the molecule is C/C=C(\C)N1CC(c2ccccc2)OC(C(=O)Nc2ccc(Oc3ccnc4cc(OC)ccc34)c(F)c2)C1=O. The smallest absolute Gasteiger partial charge is 0.265 e. The number of carbonyl (C=O) groups excluding carboxylic acids is 2. The van der Waals surface area contributed by atoms with Crippen molar-refractivity contribution in [1.82, 2.24) is 9.88 Å². The molecule has 1 aliphatic heterocycles. The minimum Gasteiger partial charge on any atom is -0.497 e. The Labute approximate surface area is 231 Å². The molecule has 2 amide bonds. The minimum atomic E-state index is -1.41. The maximum Gasteiger partial charge on any atom is 0.265 e. The summed E-state index contributed by atoms with van der Waals surface area (Å²) in [5, 5.41) is 3.30. The number of hydrogen-bond donors (Lipinski definition) is 1. The van der Waals surface area contributed by atoms with Crippen molar-refractivity contribution in [2.45, 2.75) is 26.1 Å². The van der Waals surface area contributed by atoms with Crippen molar-refractivity contribution < 1.29 is 28.2 Å². The van der Waals surface area contributed by atoms with Crippen LogP contribution in [0.2, 0.25) is 0 Å². The normalized spacial score (nSPS) is 17.6. The molecule has 0 radical (unpaired) electrons. The molecule has 8 nitrogen and oxygen atoms in total. The van der Waals surface area contributed by atoms with Crippen molar-refractivity contribution in [2.75, 3.05) is 19.0 Å². The van der Waals surface area contributed by atoms with Gasteiger partial charge in [-0.15, -0.1) is 0 Å². The summed E-state index contributed by atoms with van der Waals surface area (Å²) in [7, 11) is 1.56. The van der Waals surface area contributed by atoms with Gasteiger partial charge in [-0.3, -0.25) is 14.6 Å². The highest BCUT2D eigenvalue weighted by Crippen LogP contribution is 2.33. The average molecular weight is 542 g/mol. The van der Waals surface area contributed by atoms with Crippen LogP contribution in [-0.4, -0.2) is 41.5 Å². The Morgan fingerprint density at radius 1 is 1.10 bits per heavy atom. The quantitative estimate of drug-likeness (QED) is 0.289. The molecule has 1 fully saturated rings. The van der Waals surface area contributed by atoms with Crippen LogP contribution in [0.4, 0.5) is 10.1 Å². The maximum absolute atomic E-state index is 15.1. The Hall–Kier alpha value is -4.76. The summed E-state index contributed by atoms with van der Waals surface area (Å²) in [4.78, 5) is 32.3. The van der Waals surface area contributed by atoms with E-state index in [9.17, 15) is 9.59 Å². The fraction of sp³-hybridized carbons (Fsp3) is 0.194. The van der Waals surface area contributed by atoms with Crippen molar-refractivity contribution in [3.63, 3.8) is 0 Å². The van der Waals surface area contributed by atoms with Gasteiger partial charge in [0.2, 0.25) is 6.10 Å². The summed E-state index contributed by atoms with van der Waals surface area (Å²) in [6.07, 6.45) is 1.45. The third kappa shape index (κ3) is 5.50. The Morgan fingerprint density at radius 2 is 1.90 bits per heavy atom. The number of nitrogens with one attached hydrogen (secondary N) is 1. The first-order chi connectivity index (χ1) is 19.4. The number of allylic oxidation sites excluding steroid dienone is 2. The highest BCUT2D eigenvalue weighted by molar-refractivity contribution is 6.09. The molecule has 0 spiro atoms. The monoisotopic (exact) mass is 541 g/mol. The number of rotatable bonds is 7. The van der Waals surface area contributed by atoms with Gasteiger partial charge in [0.1, 0.15) is 17.6 Å². The van der Waals surface area contributed by atoms with Crippen molar-refractivity contribution in [3.05, 3.63) is 102 Å². The van der Waals surface area contributed by atoms with Crippen LogP contribution in [0.5, 0.6) is 17.2 Å². The summed E-state index contributed by atoms with van der Waals surface area (Å²) in [5.41, 5.74) is 2.35. The number of morpholine rings is 1. The molecular weight excluding hydrogens is 513 g/mol. The fourth-order valence-corrected chi connectivity index (χ4v) is 4.47. The summed E-state index contributed by atoms with van der Waals surface area (Å²) in [6, 6.07) is 20.4. The van der Waals surface area contributed by atoms with E-state index < -0.39 is 29.8 Å². The van der Waals surface area contributed by atoms with Crippen LogP contribution in [0.15, 0.2) is 90.8 Å². The predicted octanol–water partition coefficient (Wildman–Crippen LogP) is 6.01. The molecule has 1 N–H and O–H groups in total. The van der Waals surface area contributed by atoms with E-state index in [1.165, 1.54) is 17.0 Å². The van der Waals surface area contributed by atoms with E-state index in [2.05, 4.69) is 10.3 Å². The molecule has 1 aliphatic rings. The molecule has 0 bridgehead atoms. The third-order valence-electron chi connectivity index (χ3n) is 6.72. The first kappa shape index (κ1) is 26.8. The van der Waals surface area contributed by atoms with Gasteiger partial charge in [-0.25, -0.2) is 4.39 Å². The molecule has 204 valence electrons. The van der Waals surface area contributed by atoms with Gasteiger partial charge in [-0.1, -0.05) is 36.4 Å². The number of anilines is 1. The van der Waals surface area contributed by atoms with Crippen molar-refractivity contribution in [1.29, 1.82) is 0 Å². The van der Waals surface area contributed by atoms with Crippen LogP contribution >= 0.6 is 0 Å². The number of amides is 2. The van der Waals surface area contributed by atoms with Gasteiger partial charge in [0.05, 0.1) is 19.2 Å². The molecule has 2 unspecified atom stereocenters. The summed E-state index contributed by atoms with van der Waals surface area (Å²) < 4.78 is 32.1. The van der Waals surface area contributed by atoms with Crippen molar-refractivity contribution in [3.8, 4) is 17.2 Å². The van der Waals surface area contributed by atoms with Crippen molar-refractivity contribution >= 4 is 28.4 Å². The van der Waals surface area contributed by atoms with E-state index in [1.54, 1.807) is 50.6 Å². The first-order valence-electron chi connectivity index (χ1n) is 12.7. The molecule has 2 heterocycles. The Bertz CT molecular complexity index is 1590. The molecule has 2 atom stereocenters. The molecule has 1 saturated heterocycles. The molecule has 9 heteroatoms. The van der Waals surface area contributed by atoms with E-state index in [0.717, 1.165) is 11.6 Å². The summed E-state index contributed by atoms with van der Waals surface area (Å²) in [6.45, 7) is 3.90. The number of halogens is 1. The van der Waals surface area contributed by atoms with Crippen LogP contribution in [0.3, 0.4) is 0 Å². The van der Waals surface area contributed by atoms with E-state index >= 15 is 4.39 Å². The highest BCUT2D eigenvalue weighted by atomic mass is 19.1. The number of pyridine rings is 1. The zero-order valence-electron chi connectivity index (χ0n) is 22.3. The van der Waals surface area contributed by atoms with Crippen LogP contribution in [0, 0.1) is 5.82 Å². The minimum absolute atomic E-state index is 0.0367. The number of hydrogen-bond acceptors (Lipinski definition) is 6. The lowest BCUT2D eigenvalue weighted by Gasteiger charge is -2.37. The molecule has 5 rings (SSSR count). The molecule has 3 aromatic carbocycles. The van der Waals surface area contributed by atoms with Gasteiger partial charge >= 0.3 is 0 Å². The van der Waals surface area contributed by atoms with Gasteiger partial charge in [0.25, 0.3) is 11.8 Å². The molecular formula is C31H28FN3O5. The second kappa shape index (κ2) is 11.5. The molecule has 40 heavy (non-hydrogen) atoms. The molecule has 0 saturated carbocycles. The Morgan fingerprint density at radius 3 is 2.62 bits per heavy atom. The second-order valence-electron chi connectivity index (χ2n) is 9.22. The van der Waals surface area contributed by atoms with Crippen LogP contribution in [0.1, 0.15) is 25.5 Å². The molecule has 1 aromatic heterocycles. The van der Waals surface area contributed by atoms with E-state index in [4.69, 9.17) is 14.2 Å². The lowest BCUT2D eigenvalue weighted by molar-refractivity contribution is -0.164. The van der Waals surface area contributed by atoms with E-state index in [0.29, 0.717) is 28.1 Å². The van der Waals surface area contributed by atoms with Gasteiger partial charge in [-0.05, 0) is 49.7 Å². The van der Waals surface area contributed by atoms with Crippen LogP contribution in [-0.2, 0) is 14.3 Å². The van der Waals surface area contributed by atoms with Gasteiger partial charge in [-0.2, -0.15) is 0 Å². The number of methoxy groups -OCH3 is 1. The summed E-state index contributed by atoms with van der Waals surface area (Å²) in [5.74, 6) is -0.853. The summed E-state index contributed by atoms with van der Waals surface area (Å²) >= 11 is 0. The second-order valence-corrected chi connectivity index (χ2v) is 9.22. The van der Waals surface area contributed by atoms with Gasteiger partial charge < -0.3 is 24.4 Å². The lowest BCUT2D eigenvalue weighted by atomic mass is 10.0. The fourth-order valence-electron chi connectivity index (χ4n) is 4.47. The number of nitrogens with zero attached hydrogens (tertiary/aromatic N) is 2. The van der Waals surface area contributed by atoms with Gasteiger partial charge in [0, 0.05) is 35.1 Å². The number of carbonyl (C=O) groups is 2. The third-order valence-corrected chi connectivity index (χ3v) is 6.72. The molecule has 0 aliphatic carbocycles. The zero-order valence-corrected chi connectivity index (χ0v) is 22.3. The number of ether oxygens (including phenoxy) is 3. The van der Waals surface area contributed by atoms with Crippen molar-refractivity contribution in [2.24, 2.45) is 0 Å². The van der Waals surface area contributed by atoms with Gasteiger partial charge in [0.15, 0.2) is 11.6 Å². The number of aromatic nitrogens is 1. The average Bonchev–Trinajstić information content (AvgIpc) is 2.98. The van der Waals surface area contributed by atoms with E-state index in [-0.39, 0.29) is 18.0 Å². The Balaban J connectivity index is 1.34. The lowest BCUT2D eigenvalue weighted by Crippen LogP contribution is -2.52. The Kier molecular flexibility index (Phi) is 7.75. The standard InChI is InChI=1S/C31H28FN3O5/c1-4-19(2)35-18-28(20-8-6-5-7-9-20)40-29(31(35)37)30(36)34-21-10-13-27(24(32)16-21)39-26-14-15-33-25-17-22(38-3)11-12-23(25)26/h4-17,28-29H,18H2,1-3H3,(H,34,36)/b19-4+.